The highest BCUT2D eigenvalue weighted by Gasteiger charge is 2.43. The number of hydrogen-bond acceptors (Lipinski definition) is 4. The van der Waals surface area contributed by atoms with Crippen molar-refractivity contribution in [1.82, 2.24) is 15.5 Å². The summed E-state index contributed by atoms with van der Waals surface area (Å²) in [5.74, 6) is -2.99. The maximum absolute atomic E-state index is 13.4. The first-order chi connectivity index (χ1) is 11.8. The zero-order chi connectivity index (χ0) is 18.4. The minimum absolute atomic E-state index is 0.220. The minimum atomic E-state index is -4.49. The summed E-state index contributed by atoms with van der Waals surface area (Å²) < 4.78 is 70.5. The number of benzene rings is 1. The molecule has 140 valence electrons. The Hall–Kier alpha value is -1.94. The molecule has 1 aliphatic rings. The molecule has 25 heavy (non-hydrogen) atoms. The molecule has 1 aromatic rings. The molecule has 2 rings (SSSR count). The van der Waals surface area contributed by atoms with Crippen molar-refractivity contribution >= 4 is 5.91 Å². The van der Waals surface area contributed by atoms with Crippen LogP contribution in [0.15, 0.2) is 18.2 Å². The van der Waals surface area contributed by atoms with Crippen LogP contribution in [0.25, 0.3) is 0 Å². The summed E-state index contributed by atoms with van der Waals surface area (Å²) in [7, 11) is 0. The zero-order valence-corrected chi connectivity index (χ0v) is 13.2. The summed E-state index contributed by atoms with van der Waals surface area (Å²) in [6.45, 7) is 0.0158. The summed E-state index contributed by atoms with van der Waals surface area (Å²) in [5, 5.41) is 5.10. The molecule has 0 radical (unpaired) electrons. The van der Waals surface area contributed by atoms with E-state index in [4.69, 9.17) is 4.74 Å². The minimum Gasteiger partial charge on any atom is -0.481 e. The number of ether oxygens (including phenoxy) is 1. The van der Waals surface area contributed by atoms with Gasteiger partial charge in [0.05, 0.1) is 0 Å². The largest absolute Gasteiger partial charge is 0.481 e. The summed E-state index contributed by atoms with van der Waals surface area (Å²) in [4.78, 5) is 12.9. The van der Waals surface area contributed by atoms with E-state index in [0.717, 1.165) is 12.1 Å². The summed E-state index contributed by atoms with van der Waals surface area (Å²) in [5.41, 5.74) is 0. The Morgan fingerprint density at radius 2 is 1.96 bits per heavy atom. The molecule has 0 aliphatic carbocycles. The molecule has 0 bridgehead atoms. The van der Waals surface area contributed by atoms with Gasteiger partial charge in [-0.2, -0.15) is 13.2 Å². The molecule has 1 aliphatic heterocycles. The summed E-state index contributed by atoms with van der Waals surface area (Å²) in [6.07, 6.45) is -4.49. The number of carbonyl (C=O) groups excluding carboxylic acids is 1. The SMILES string of the molecule is O=C(COc1ccc(F)cc1F)NCC(N1CCNCC1)C(F)(F)F. The fourth-order valence-electron chi connectivity index (χ4n) is 2.44. The van der Waals surface area contributed by atoms with Crippen molar-refractivity contribution in [3.63, 3.8) is 0 Å². The number of carbonyl (C=O) groups is 1. The first kappa shape index (κ1) is 19.4. The Bertz CT molecular complexity index is 591. The lowest BCUT2D eigenvalue weighted by molar-refractivity contribution is -0.184. The van der Waals surface area contributed by atoms with Gasteiger partial charge in [0.15, 0.2) is 18.2 Å². The number of rotatable bonds is 6. The van der Waals surface area contributed by atoms with Gasteiger partial charge in [-0.05, 0) is 12.1 Å². The maximum Gasteiger partial charge on any atom is 0.405 e. The molecule has 1 amide bonds. The third-order valence-corrected chi connectivity index (χ3v) is 3.72. The maximum atomic E-state index is 13.4. The topological polar surface area (TPSA) is 53.6 Å². The van der Waals surface area contributed by atoms with Crippen molar-refractivity contribution in [3.05, 3.63) is 29.8 Å². The Kier molecular flexibility index (Phi) is 6.54. The second kappa shape index (κ2) is 8.43. The summed E-state index contributed by atoms with van der Waals surface area (Å²) >= 11 is 0. The van der Waals surface area contributed by atoms with Crippen LogP contribution < -0.4 is 15.4 Å². The standard InChI is InChI=1S/C15H18F5N3O2/c16-10-1-2-12(11(17)7-10)25-9-14(24)22-8-13(15(18,19)20)23-5-3-21-4-6-23/h1-2,7,13,21H,3-6,8-9H2,(H,22,24). The van der Waals surface area contributed by atoms with Crippen LogP contribution in [-0.4, -0.2) is 62.4 Å². The van der Waals surface area contributed by atoms with Crippen LogP contribution >= 0.6 is 0 Å². The predicted molar refractivity (Wildman–Crippen MR) is 79.1 cm³/mol. The average molecular weight is 367 g/mol. The molecule has 0 saturated carbocycles. The van der Waals surface area contributed by atoms with Crippen molar-refractivity contribution in [2.24, 2.45) is 0 Å². The van der Waals surface area contributed by atoms with Crippen molar-refractivity contribution in [3.8, 4) is 5.75 Å². The van der Waals surface area contributed by atoms with Crippen LogP contribution in [0, 0.1) is 11.6 Å². The number of alkyl halides is 3. The van der Waals surface area contributed by atoms with E-state index in [1.807, 2.05) is 0 Å². The number of hydrogen-bond donors (Lipinski definition) is 2. The number of amides is 1. The van der Waals surface area contributed by atoms with Crippen LogP contribution in [-0.2, 0) is 4.79 Å². The van der Waals surface area contributed by atoms with Gasteiger partial charge in [-0.15, -0.1) is 0 Å². The van der Waals surface area contributed by atoms with Crippen LogP contribution in [0.4, 0.5) is 22.0 Å². The van der Waals surface area contributed by atoms with E-state index in [2.05, 4.69) is 10.6 Å². The number of nitrogens with zero attached hydrogens (tertiary/aromatic N) is 1. The van der Waals surface area contributed by atoms with Gasteiger partial charge in [0, 0.05) is 38.8 Å². The van der Waals surface area contributed by atoms with Gasteiger partial charge in [-0.1, -0.05) is 0 Å². The molecule has 10 heteroatoms. The van der Waals surface area contributed by atoms with E-state index >= 15 is 0 Å². The van der Waals surface area contributed by atoms with Gasteiger partial charge in [-0.25, -0.2) is 8.78 Å². The molecule has 1 saturated heterocycles. The lowest BCUT2D eigenvalue weighted by Crippen LogP contribution is -2.57. The Labute approximate surface area is 141 Å². The van der Waals surface area contributed by atoms with Crippen LogP contribution in [0.5, 0.6) is 5.75 Å². The number of halogens is 5. The lowest BCUT2D eigenvalue weighted by atomic mass is 10.2. The normalized spacial score (nSPS) is 17.2. The van der Waals surface area contributed by atoms with Crippen molar-refractivity contribution in [2.75, 3.05) is 39.3 Å². The van der Waals surface area contributed by atoms with E-state index in [0.29, 0.717) is 19.2 Å². The van der Waals surface area contributed by atoms with E-state index in [1.165, 1.54) is 4.90 Å². The average Bonchev–Trinajstić information content (AvgIpc) is 2.54. The van der Waals surface area contributed by atoms with E-state index < -0.39 is 42.9 Å². The third kappa shape index (κ3) is 5.82. The van der Waals surface area contributed by atoms with Gasteiger partial charge < -0.3 is 15.4 Å². The number of nitrogens with one attached hydrogen (secondary N) is 2. The fourth-order valence-corrected chi connectivity index (χ4v) is 2.44. The highest BCUT2D eigenvalue weighted by Crippen LogP contribution is 2.24. The van der Waals surface area contributed by atoms with E-state index in [-0.39, 0.29) is 18.8 Å². The van der Waals surface area contributed by atoms with Gasteiger partial charge in [0.25, 0.3) is 5.91 Å². The fraction of sp³-hybridized carbons (Fsp3) is 0.533. The molecule has 5 nitrogen and oxygen atoms in total. The van der Waals surface area contributed by atoms with Gasteiger partial charge in [0.1, 0.15) is 11.9 Å². The van der Waals surface area contributed by atoms with Crippen LogP contribution in [0.2, 0.25) is 0 Å². The first-order valence-corrected chi connectivity index (χ1v) is 7.63. The van der Waals surface area contributed by atoms with Crippen molar-refractivity contribution in [1.29, 1.82) is 0 Å². The molecular formula is C15H18F5N3O2. The zero-order valence-electron chi connectivity index (χ0n) is 13.2. The Morgan fingerprint density at radius 1 is 1.28 bits per heavy atom. The molecule has 2 N–H and O–H groups in total. The van der Waals surface area contributed by atoms with Crippen LogP contribution in [0.1, 0.15) is 0 Å². The second-order valence-electron chi connectivity index (χ2n) is 5.51. The molecule has 1 unspecified atom stereocenters. The second-order valence-corrected chi connectivity index (χ2v) is 5.51. The Morgan fingerprint density at radius 3 is 2.56 bits per heavy atom. The van der Waals surface area contributed by atoms with E-state index in [9.17, 15) is 26.7 Å². The van der Waals surface area contributed by atoms with Gasteiger partial charge >= 0.3 is 6.18 Å². The monoisotopic (exact) mass is 367 g/mol. The summed E-state index contributed by atoms with van der Waals surface area (Å²) in [6, 6.07) is 0.718. The van der Waals surface area contributed by atoms with E-state index in [1.54, 1.807) is 0 Å². The Balaban J connectivity index is 1.85. The molecule has 1 atom stereocenters. The smallest absolute Gasteiger partial charge is 0.405 e. The predicted octanol–water partition coefficient (Wildman–Crippen LogP) is 1.30. The lowest BCUT2D eigenvalue weighted by Gasteiger charge is -2.35. The van der Waals surface area contributed by atoms with Crippen molar-refractivity contribution < 1.29 is 31.5 Å². The first-order valence-electron chi connectivity index (χ1n) is 7.63. The number of piperazine rings is 1. The highest BCUT2D eigenvalue weighted by molar-refractivity contribution is 5.77. The molecular weight excluding hydrogens is 349 g/mol. The van der Waals surface area contributed by atoms with Gasteiger partial charge in [0.2, 0.25) is 0 Å². The quantitative estimate of drug-likeness (QED) is 0.745. The highest BCUT2D eigenvalue weighted by atomic mass is 19.4. The molecule has 0 aromatic heterocycles. The van der Waals surface area contributed by atoms with Crippen molar-refractivity contribution in [2.45, 2.75) is 12.2 Å². The molecule has 0 spiro atoms. The van der Waals surface area contributed by atoms with Crippen LogP contribution in [0.3, 0.4) is 0 Å². The third-order valence-electron chi connectivity index (χ3n) is 3.72. The molecule has 1 heterocycles. The van der Waals surface area contributed by atoms with Gasteiger partial charge in [-0.3, -0.25) is 9.69 Å². The molecule has 1 aromatic carbocycles. The molecule has 1 fully saturated rings.